The molecule has 0 unspecified atom stereocenters. The van der Waals surface area contributed by atoms with Gasteiger partial charge in [0.25, 0.3) is 0 Å². The number of hydrogen-bond acceptors (Lipinski definition) is 5. The Morgan fingerprint density at radius 1 is 1.03 bits per heavy atom. The Morgan fingerprint density at radius 2 is 1.69 bits per heavy atom. The highest BCUT2D eigenvalue weighted by molar-refractivity contribution is 7.90. The van der Waals surface area contributed by atoms with E-state index in [0.29, 0.717) is 22.1 Å². The molecule has 0 radical (unpaired) electrons. The van der Waals surface area contributed by atoms with Crippen LogP contribution in [0.5, 0.6) is 0 Å². The topological polar surface area (TPSA) is 92.4 Å². The molecule has 0 atom stereocenters. The Hall–Kier alpha value is -2.97. The summed E-state index contributed by atoms with van der Waals surface area (Å²) in [5.41, 5.74) is 3.87. The van der Waals surface area contributed by atoms with Crippen molar-refractivity contribution >= 4 is 21.4 Å². The number of aromatic nitrogens is 2. The van der Waals surface area contributed by atoms with E-state index in [1.165, 1.54) is 0 Å². The van der Waals surface area contributed by atoms with Crippen LogP contribution in [0.25, 0.3) is 28.2 Å². The molecular formula is C27H27ClN2O4S. The summed E-state index contributed by atoms with van der Waals surface area (Å²) >= 11 is 6.37. The number of aliphatic hydroxyl groups is 2. The second kappa shape index (κ2) is 9.24. The van der Waals surface area contributed by atoms with E-state index in [1.54, 1.807) is 32.0 Å². The molecule has 182 valence electrons. The van der Waals surface area contributed by atoms with E-state index in [2.05, 4.69) is 0 Å². The van der Waals surface area contributed by atoms with Gasteiger partial charge < -0.3 is 10.2 Å². The Balaban J connectivity index is 1.82. The van der Waals surface area contributed by atoms with E-state index in [-0.39, 0.29) is 11.5 Å². The molecule has 4 rings (SSSR count). The predicted molar refractivity (Wildman–Crippen MR) is 138 cm³/mol. The smallest absolute Gasteiger partial charge is 0.175 e. The monoisotopic (exact) mass is 510 g/mol. The van der Waals surface area contributed by atoms with Gasteiger partial charge in [-0.3, -0.25) is 4.57 Å². The maximum Gasteiger partial charge on any atom is 0.175 e. The van der Waals surface area contributed by atoms with Gasteiger partial charge in [0.15, 0.2) is 9.84 Å². The largest absolute Gasteiger partial charge is 0.392 e. The van der Waals surface area contributed by atoms with Crippen LogP contribution in [0.4, 0.5) is 0 Å². The van der Waals surface area contributed by atoms with Crippen molar-refractivity contribution in [2.45, 2.75) is 37.9 Å². The highest BCUT2D eigenvalue weighted by atomic mass is 35.5. The molecule has 1 aromatic heterocycles. The van der Waals surface area contributed by atoms with Crippen LogP contribution in [-0.4, -0.2) is 34.4 Å². The highest BCUT2D eigenvalue weighted by Crippen LogP contribution is 2.33. The van der Waals surface area contributed by atoms with E-state index < -0.39 is 15.4 Å². The van der Waals surface area contributed by atoms with Crippen LogP contribution in [0.3, 0.4) is 0 Å². The number of nitrogens with zero attached hydrogens (tertiary/aromatic N) is 2. The summed E-state index contributed by atoms with van der Waals surface area (Å²) in [6.07, 6.45) is 2.94. The third kappa shape index (κ3) is 5.04. The minimum atomic E-state index is -3.49. The zero-order chi connectivity index (χ0) is 25.5. The van der Waals surface area contributed by atoms with Crippen LogP contribution in [0.15, 0.2) is 71.8 Å². The van der Waals surface area contributed by atoms with Crippen LogP contribution in [-0.2, 0) is 22.0 Å². The van der Waals surface area contributed by atoms with Crippen molar-refractivity contribution in [1.82, 2.24) is 9.55 Å². The normalized spacial score (nSPS) is 12.2. The first-order chi connectivity index (χ1) is 16.4. The summed E-state index contributed by atoms with van der Waals surface area (Å²) in [5.74, 6) is 0.654. The van der Waals surface area contributed by atoms with Gasteiger partial charge in [0.1, 0.15) is 11.4 Å². The van der Waals surface area contributed by atoms with E-state index in [4.69, 9.17) is 16.6 Å². The Kier molecular flexibility index (Phi) is 6.64. The van der Waals surface area contributed by atoms with Gasteiger partial charge in [-0.25, -0.2) is 13.4 Å². The molecule has 0 aliphatic rings. The number of halogens is 1. The zero-order valence-corrected chi connectivity index (χ0v) is 21.5. The molecule has 3 aromatic carbocycles. The number of hydrogen-bond donors (Lipinski definition) is 2. The predicted octanol–water partition coefficient (Wildman–Crippen LogP) is 5.29. The van der Waals surface area contributed by atoms with Gasteiger partial charge in [0.05, 0.1) is 17.2 Å². The summed E-state index contributed by atoms with van der Waals surface area (Å²) in [6, 6.07) is 18.3. The molecule has 35 heavy (non-hydrogen) atoms. The van der Waals surface area contributed by atoms with Crippen LogP contribution in [0, 0.1) is 6.92 Å². The van der Waals surface area contributed by atoms with E-state index >= 15 is 0 Å². The quantitative estimate of drug-likeness (QED) is 0.367. The third-order valence-electron chi connectivity index (χ3n) is 5.96. The average molecular weight is 511 g/mol. The molecule has 0 fully saturated rings. The molecule has 0 bridgehead atoms. The summed E-state index contributed by atoms with van der Waals surface area (Å²) in [7, 11) is -3.49. The van der Waals surface area contributed by atoms with Crippen molar-refractivity contribution in [3.8, 4) is 28.2 Å². The first-order valence-electron chi connectivity index (χ1n) is 11.0. The van der Waals surface area contributed by atoms with Crippen LogP contribution < -0.4 is 0 Å². The average Bonchev–Trinajstić information content (AvgIpc) is 3.26. The second-order valence-corrected chi connectivity index (χ2v) is 11.5. The molecule has 0 spiro atoms. The van der Waals surface area contributed by atoms with Gasteiger partial charge in [-0.1, -0.05) is 48.0 Å². The van der Waals surface area contributed by atoms with Crippen molar-refractivity contribution in [2.75, 3.05) is 6.26 Å². The van der Waals surface area contributed by atoms with Gasteiger partial charge in [0.2, 0.25) is 0 Å². The van der Waals surface area contributed by atoms with Gasteiger partial charge in [0, 0.05) is 28.7 Å². The first kappa shape index (κ1) is 25.1. The molecule has 0 aliphatic heterocycles. The van der Waals surface area contributed by atoms with Crippen LogP contribution in [0.2, 0.25) is 5.02 Å². The van der Waals surface area contributed by atoms with Crippen molar-refractivity contribution in [2.24, 2.45) is 0 Å². The Morgan fingerprint density at radius 3 is 2.29 bits per heavy atom. The van der Waals surface area contributed by atoms with E-state index in [0.717, 1.165) is 34.2 Å². The lowest BCUT2D eigenvalue weighted by Gasteiger charge is -2.13. The molecule has 0 saturated heterocycles. The van der Waals surface area contributed by atoms with Crippen molar-refractivity contribution in [3.63, 3.8) is 0 Å². The molecular weight excluding hydrogens is 484 g/mol. The molecule has 1 heterocycles. The molecule has 8 heteroatoms. The van der Waals surface area contributed by atoms with Gasteiger partial charge >= 0.3 is 0 Å². The highest BCUT2D eigenvalue weighted by Gasteiger charge is 2.24. The molecule has 0 aliphatic carbocycles. The number of sulfone groups is 1. The van der Waals surface area contributed by atoms with Crippen LogP contribution in [0.1, 0.15) is 30.7 Å². The summed E-state index contributed by atoms with van der Waals surface area (Å²) in [6.45, 7) is 4.95. The van der Waals surface area contributed by atoms with Gasteiger partial charge in [-0.05, 0) is 67.3 Å². The molecule has 2 N–H and O–H groups in total. The molecule has 0 amide bonds. The van der Waals surface area contributed by atoms with Crippen molar-refractivity contribution in [1.29, 1.82) is 0 Å². The molecule has 4 aromatic rings. The third-order valence-corrected chi connectivity index (χ3v) is 7.55. The summed E-state index contributed by atoms with van der Waals surface area (Å²) in [4.78, 5) is 4.85. The number of benzene rings is 3. The summed E-state index contributed by atoms with van der Waals surface area (Å²) in [5, 5.41) is 20.8. The lowest BCUT2D eigenvalue weighted by molar-refractivity contribution is 0.0743. The number of imidazole rings is 1. The minimum absolute atomic E-state index is 0.115. The number of aliphatic hydroxyl groups excluding tert-OH is 1. The number of rotatable bonds is 6. The Bertz CT molecular complexity index is 1500. The molecule has 6 nitrogen and oxygen atoms in total. The zero-order valence-electron chi connectivity index (χ0n) is 19.9. The maximum atomic E-state index is 12.2. The SMILES string of the molecule is Cc1c(Cl)cccc1-c1nc(C(C)(C)O)cn1-c1ccc(-c2ccc(CO)c(S(C)(=O)=O)c2)cc1. The van der Waals surface area contributed by atoms with Crippen LogP contribution >= 0.6 is 11.6 Å². The first-order valence-corrected chi connectivity index (χ1v) is 13.3. The van der Waals surface area contributed by atoms with E-state index in [1.807, 2.05) is 60.2 Å². The Labute approximate surface area is 210 Å². The fourth-order valence-electron chi connectivity index (χ4n) is 3.94. The fourth-order valence-corrected chi connectivity index (χ4v) is 5.06. The second-order valence-electron chi connectivity index (χ2n) is 9.09. The summed E-state index contributed by atoms with van der Waals surface area (Å²) < 4.78 is 26.3. The van der Waals surface area contributed by atoms with Gasteiger partial charge in [-0.15, -0.1) is 0 Å². The standard InChI is InChI=1S/C27H27ClN2O4S/c1-17-22(6-5-7-23(17)28)26-29-25(27(2,3)32)15-30(26)21-12-10-18(11-13-21)19-8-9-20(16-31)24(14-19)35(4,33)34/h5-15,31-32H,16H2,1-4H3. The fraction of sp³-hybridized carbons (Fsp3) is 0.222. The van der Waals surface area contributed by atoms with Gasteiger partial charge in [-0.2, -0.15) is 0 Å². The lowest BCUT2D eigenvalue weighted by Crippen LogP contribution is -2.15. The van der Waals surface area contributed by atoms with E-state index in [9.17, 15) is 18.6 Å². The van der Waals surface area contributed by atoms with Crippen molar-refractivity contribution < 1.29 is 18.6 Å². The van der Waals surface area contributed by atoms with Crippen molar-refractivity contribution in [3.05, 3.63) is 88.7 Å². The maximum absolute atomic E-state index is 12.2. The minimum Gasteiger partial charge on any atom is -0.392 e. The lowest BCUT2D eigenvalue weighted by atomic mass is 10.0. The molecule has 0 saturated carbocycles.